The molecule has 1 fully saturated rings. The number of hydrogen-bond acceptors (Lipinski definition) is 4. The van der Waals surface area contributed by atoms with E-state index in [1.165, 1.54) is 0 Å². The molecule has 0 aliphatic carbocycles. The molecule has 0 aromatic rings. The van der Waals surface area contributed by atoms with Crippen LogP contribution in [0.1, 0.15) is 34.1 Å². The van der Waals surface area contributed by atoms with Gasteiger partial charge >= 0.3 is 12.1 Å². The lowest BCUT2D eigenvalue weighted by Gasteiger charge is -2.27. The van der Waals surface area contributed by atoms with Crippen LogP contribution in [0.4, 0.5) is 13.6 Å². The average Bonchev–Trinajstić information content (AvgIpc) is 2.52. The molecule has 5 nitrogen and oxygen atoms in total. The van der Waals surface area contributed by atoms with Gasteiger partial charge in [0, 0.05) is 6.42 Å². The summed E-state index contributed by atoms with van der Waals surface area (Å²) in [5.74, 6) is -3.93. The van der Waals surface area contributed by atoms with E-state index in [2.05, 4.69) is 0 Å². The summed E-state index contributed by atoms with van der Waals surface area (Å²) in [5.41, 5.74) is -0.811. The van der Waals surface area contributed by atoms with E-state index in [4.69, 9.17) is 9.47 Å². The normalized spacial score (nSPS) is 22.2. The Morgan fingerprint density at radius 1 is 1.37 bits per heavy atom. The van der Waals surface area contributed by atoms with Gasteiger partial charge in [0.1, 0.15) is 11.6 Å². The lowest BCUT2D eigenvalue weighted by Crippen LogP contribution is -2.44. The predicted octanol–water partition coefficient (Wildman–Crippen LogP) is 2.19. The van der Waals surface area contributed by atoms with E-state index in [-0.39, 0.29) is 6.61 Å². The second-order valence-electron chi connectivity index (χ2n) is 5.44. The van der Waals surface area contributed by atoms with Crippen LogP contribution in [-0.2, 0) is 14.3 Å². The minimum atomic E-state index is -3.10. The van der Waals surface area contributed by atoms with Gasteiger partial charge in [-0.1, -0.05) is 0 Å². The molecule has 1 saturated heterocycles. The number of nitrogens with zero attached hydrogens (tertiary/aromatic N) is 1. The molecule has 1 amide bonds. The van der Waals surface area contributed by atoms with Crippen LogP contribution in [0.15, 0.2) is 0 Å². The number of carbonyl (C=O) groups is 2. The first kappa shape index (κ1) is 15.7. The highest BCUT2D eigenvalue weighted by Gasteiger charge is 2.51. The number of esters is 1. The van der Waals surface area contributed by atoms with E-state index >= 15 is 0 Å². The lowest BCUT2D eigenvalue weighted by atomic mass is 10.2. The number of alkyl halides is 2. The molecule has 1 rings (SSSR count). The third-order valence-electron chi connectivity index (χ3n) is 2.46. The fourth-order valence-electron chi connectivity index (χ4n) is 1.78. The van der Waals surface area contributed by atoms with Crippen molar-refractivity contribution in [2.45, 2.75) is 51.7 Å². The maximum atomic E-state index is 13.4. The molecule has 1 heterocycles. The molecule has 0 aromatic heterocycles. The Kier molecular flexibility index (Phi) is 4.37. The maximum absolute atomic E-state index is 13.4. The molecule has 0 bridgehead atoms. The molecule has 7 heteroatoms. The fraction of sp³-hybridized carbons (Fsp3) is 0.833. The summed E-state index contributed by atoms with van der Waals surface area (Å²) in [7, 11) is 0. The number of hydrogen-bond donors (Lipinski definition) is 0. The van der Waals surface area contributed by atoms with Gasteiger partial charge in [0.15, 0.2) is 0 Å². The van der Waals surface area contributed by atoms with Crippen molar-refractivity contribution in [3.8, 4) is 0 Å². The molecular weight excluding hydrogens is 260 g/mol. The van der Waals surface area contributed by atoms with Crippen molar-refractivity contribution in [2.24, 2.45) is 0 Å². The first-order valence-electron chi connectivity index (χ1n) is 6.10. The highest BCUT2D eigenvalue weighted by molar-refractivity contribution is 5.82. The van der Waals surface area contributed by atoms with Crippen LogP contribution < -0.4 is 0 Å². The second kappa shape index (κ2) is 5.30. The fourth-order valence-corrected chi connectivity index (χ4v) is 1.78. The Morgan fingerprint density at radius 3 is 2.42 bits per heavy atom. The highest BCUT2D eigenvalue weighted by atomic mass is 19.3. The average molecular weight is 279 g/mol. The molecule has 0 spiro atoms. The Hall–Kier alpha value is -1.40. The van der Waals surface area contributed by atoms with Crippen LogP contribution in [0.25, 0.3) is 0 Å². The highest BCUT2D eigenvalue weighted by Crippen LogP contribution is 2.33. The lowest BCUT2D eigenvalue weighted by molar-refractivity contribution is -0.148. The first-order chi connectivity index (χ1) is 8.56. The molecule has 1 aliphatic rings. The molecule has 0 aromatic carbocycles. The van der Waals surface area contributed by atoms with Crippen LogP contribution in [0.5, 0.6) is 0 Å². The zero-order chi connectivity index (χ0) is 14.8. The van der Waals surface area contributed by atoms with E-state index in [1.54, 1.807) is 27.7 Å². The van der Waals surface area contributed by atoms with Crippen molar-refractivity contribution >= 4 is 12.1 Å². The summed E-state index contributed by atoms with van der Waals surface area (Å²) in [6.45, 7) is 5.69. The Morgan fingerprint density at radius 2 is 1.95 bits per heavy atom. The van der Waals surface area contributed by atoms with Crippen LogP contribution in [-0.4, -0.2) is 47.7 Å². The van der Waals surface area contributed by atoms with Crippen molar-refractivity contribution in [3.63, 3.8) is 0 Å². The Bertz CT molecular complexity index is 365. The molecule has 19 heavy (non-hydrogen) atoms. The molecule has 1 aliphatic heterocycles. The van der Waals surface area contributed by atoms with Gasteiger partial charge in [-0.05, 0) is 27.7 Å². The second-order valence-corrected chi connectivity index (χ2v) is 5.44. The zero-order valence-electron chi connectivity index (χ0n) is 11.5. The number of rotatable bonds is 2. The van der Waals surface area contributed by atoms with E-state index in [0.717, 1.165) is 4.90 Å². The van der Waals surface area contributed by atoms with Gasteiger partial charge in [0.25, 0.3) is 5.92 Å². The first-order valence-corrected chi connectivity index (χ1v) is 6.10. The molecule has 0 N–H and O–H groups in total. The minimum absolute atomic E-state index is 0.0725. The molecule has 0 radical (unpaired) electrons. The van der Waals surface area contributed by atoms with Gasteiger partial charge in [-0.15, -0.1) is 0 Å². The summed E-state index contributed by atoms with van der Waals surface area (Å²) in [6.07, 6.45) is -1.66. The molecule has 0 saturated carbocycles. The topological polar surface area (TPSA) is 55.8 Å². The summed E-state index contributed by atoms with van der Waals surface area (Å²) in [4.78, 5) is 24.2. The van der Waals surface area contributed by atoms with Gasteiger partial charge in [-0.2, -0.15) is 0 Å². The third-order valence-corrected chi connectivity index (χ3v) is 2.46. The molecular formula is C12H19F2NO4. The molecule has 110 valence electrons. The van der Waals surface area contributed by atoms with Crippen molar-refractivity contribution in [2.75, 3.05) is 13.2 Å². The third kappa shape index (κ3) is 4.33. The summed E-state index contributed by atoms with van der Waals surface area (Å²) in [6, 6.07) is -1.29. The summed E-state index contributed by atoms with van der Waals surface area (Å²) in [5, 5.41) is 0. The zero-order valence-corrected chi connectivity index (χ0v) is 11.5. The maximum Gasteiger partial charge on any atom is 0.411 e. The van der Waals surface area contributed by atoms with Gasteiger partial charge in [-0.3, -0.25) is 4.90 Å². The number of amides is 1. The summed E-state index contributed by atoms with van der Waals surface area (Å²) < 4.78 is 36.5. The number of carbonyl (C=O) groups excluding carboxylic acids is 2. The Labute approximate surface area is 110 Å². The van der Waals surface area contributed by atoms with Crippen LogP contribution >= 0.6 is 0 Å². The van der Waals surface area contributed by atoms with E-state index in [9.17, 15) is 18.4 Å². The SMILES string of the molecule is CCOC(=O)[C@H]1CC(F)(F)CN1C(=O)OC(C)(C)C. The van der Waals surface area contributed by atoms with Crippen molar-refractivity contribution in [1.82, 2.24) is 4.90 Å². The van der Waals surface area contributed by atoms with Crippen molar-refractivity contribution in [1.29, 1.82) is 0 Å². The minimum Gasteiger partial charge on any atom is -0.464 e. The largest absolute Gasteiger partial charge is 0.464 e. The quantitative estimate of drug-likeness (QED) is 0.727. The van der Waals surface area contributed by atoms with E-state index in [1.807, 2.05) is 0 Å². The Balaban J connectivity index is 2.83. The molecule has 0 unspecified atom stereocenters. The van der Waals surface area contributed by atoms with Crippen LogP contribution in [0.3, 0.4) is 0 Å². The van der Waals surface area contributed by atoms with E-state index < -0.39 is 42.6 Å². The smallest absolute Gasteiger partial charge is 0.411 e. The van der Waals surface area contributed by atoms with Gasteiger partial charge in [0.2, 0.25) is 0 Å². The van der Waals surface area contributed by atoms with Gasteiger partial charge < -0.3 is 9.47 Å². The predicted molar refractivity (Wildman–Crippen MR) is 62.9 cm³/mol. The number of halogens is 2. The monoisotopic (exact) mass is 279 g/mol. The van der Waals surface area contributed by atoms with E-state index in [0.29, 0.717) is 0 Å². The number of ether oxygens (including phenoxy) is 2. The van der Waals surface area contributed by atoms with Gasteiger partial charge in [0.05, 0.1) is 13.2 Å². The van der Waals surface area contributed by atoms with Crippen LogP contribution in [0, 0.1) is 0 Å². The van der Waals surface area contributed by atoms with Crippen molar-refractivity contribution < 1.29 is 27.8 Å². The van der Waals surface area contributed by atoms with Gasteiger partial charge in [-0.25, -0.2) is 18.4 Å². The van der Waals surface area contributed by atoms with Crippen molar-refractivity contribution in [3.05, 3.63) is 0 Å². The number of likely N-dealkylation sites (tertiary alicyclic amines) is 1. The summed E-state index contributed by atoms with van der Waals surface area (Å²) >= 11 is 0. The standard InChI is InChI=1S/C12H19F2NO4/c1-5-18-9(16)8-6-12(13,14)7-15(8)10(17)19-11(2,3)4/h8H,5-7H2,1-4H3/t8-/m1/s1. The van der Waals surface area contributed by atoms with Crippen LogP contribution in [0.2, 0.25) is 0 Å². The molecule has 1 atom stereocenters.